The second-order valence-corrected chi connectivity index (χ2v) is 10.3. The number of hydrogen-bond acceptors (Lipinski definition) is 7. The van der Waals surface area contributed by atoms with Crippen LogP contribution in [0.25, 0.3) is 0 Å². The van der Waals surface area contributed by atoms with Crippen molar-refractivity contribution in [3.05, 3.63) is 29.8 Å². The number of carbonyl (C=O) groups is 2. The van der Waals surface area contributed by atoms with Crippen LogP contribution in [0.5, 0.6) is 5.75 Å². The third-order valence-corrected chi connectivity index (χ3v) is 4.40. The van der Waals surface area contributed by atoms with E-state index in [0.29, 0.717) is 39.4 Å². The number of hydrogen-bond donors (Lipinski definition) is 1. The fourth-order valence-electron chi connectivity index (χ4n) is 2.98. The topological polar surface area (TPSA) is 92.3 Å². The highest BCUT2D eigenvalue weighted by molar-refractivity contribution is 5.71. The van der Waals surface area contributed by atoms with Crippen molar-refractivity contribution < 1.29 is 33.3 Å². The predicted molar refractivity (Wildman–Crippen MR) is 136 cm³/mol. The molecule has 1 N–H and O–H groups in total. The number of amides is 1. The number of unbranched alkanes of at least 4 members (excludes halogenated alkanes) is 2. The van der Waals surface area contributed by atoms with Crippen molar-refractivity contribution in [1.82, 2.24) is 5.32 Å². The van der Waals surface area contributed by atoms with Crippen LogP contribution in [0.2, 0.25) is 0 Å². The van der Waals surface area contributed by atoms with Crippen LogP contribution in [0.4, 0.5) is 4.79 Å². The lowest BCUT2D eigenvalue weighted by atomic mass is 10.1. The maximum absolute atomic E-state index is 11.7. The van der Waals surface area contributed by atoms with Crippen molar-refractivity contribution >= 4 is 12.1 Å². The van der Waals surface area contributed by atoms with E-state index < -0.39 is 17.3 Å². The minimum absolute atomic E-state index is 0.0247. The normalized spacial score (nSPS) is 11.7. The van der Waals surface area contributed by atoms with Crippen LogP contribution in [0, 0.1) is 0 Å². The lowest BCUT2D eigenvalue weighted by molar-refractivity contribution is -0.160. The zero-order chi connectivity index (χ0) is 26.2. The van der Waals surface area contributed by atoms with Crippen LogP contribution in [0.3, 0.4) is 0 Å². The Balaban J connectivity index is 2.01. The molecule has 200 valence electrons. The molecule has 1 rings (SSSR count). The molecule has 0 spiro atoms. The minimum Gasteiger partial charge on any atom is -0.494 e. The first kappa shape index (κ1) is 30.7. The van der Waals surface area contributed by atoms with Crippen LogP contribution in [0.1, 0.15) is 72.8 Å². The molecular weight excluding hydrogens is 450 g/mol. The Morgan fingerprint density at radius 3 is 2.17 bits per heavy atom. The molecule has 0 aliphatic carbocycles. The summed E-state index contributed by atoms with van der Waals surface area (Å²) in [6.07, 6.45) is 4.00. The van der Waals surface area contributed by atoms with Gasteiger partial charge in [-0.15, -0.1) is 0 Å². The molecule has 0 aliphatic heterocycles. The highest BCUT2D eigenvalue weighted by Crippen LogP contribution is 2.14. The Morgan fingerprint density at radius 1 is 0.800 bits per heavy atom. The van der Waals surface area contributed by atoms with Gasteiger partial charge in [-0.25, -0.2) is 9.59 Å². The maximum atomic E-state index is 11.7. The molecule has 35 heavy (non-hydrogen) atoms. The Hall–Kier alpha value is -2.32. The molecule has 0 radical (unpaired) electrons. The molecule has 0 atom stereocenters. The summed E-state index contributed by atoms with van der Waals surface area (Å²) >= 11 is 0. The molecule has 0 aliphatic rings. The Morgan fingerprint density at radius 2 is 1.46 bits per heavy atom. The molecule has 0 saturated carbocycles. The molecule has 8 nitrogen and oxygen atoms in total. The average molecular weight is 496 g/mol. The highest BCUT2D eigenvalue weighted by Gasteiger charge is 2.16. The molecule has 1 aromatic rings. The number of carbonyl (C=O) groups excluding carboxylic acids is 2. The van der Waals surface area contributed by atoms with E-state index in [4.69, 9.17) is 23.7 Å². The smallest absolute Gasteiger partial charge is 0.407 e. The first-order valence-electron chi connectivity index (χ1n) is 12.5. The van der Waals surface area contributed by atoms with E-state index >= 15 is 0 Å². The first-order chi connectivity index (χ1) is 16.4. The summed E-state index contributed by atoms with van der Waals surface area (Å²) in [6, 6.07) is 7.93. The fourth-order valence-corrected chi connectivity index (χ4v) is 2.98. The lowest BCUT2D eigenvalue weighted by Crippen LogP contribution is -2.33. The van der Waals surface area contributed by atoms with Gasteiger partial charge in [-0.05, 0) is 91.3 Å². The van der Waals surface area contributed by atoms with Gasteiger partial charge in [0.15, 0.2) is 0 Å². The maximum Gasteiger partial charge on any atom is 0.407 e. The number of benzene rings is 1. The zero-order valence-electron chi connectivity index (χ0n) is 22.4. The number of alkyl carbamates (subject to hydrolysis) is 1. The van der Waals surface area contributed by atoms with Gasteiger partial charge in [0.25, 0.3) is 0 Å². The summed E-state index contributed by atoms with van der Waals surface area (Å²) in [6.45, 7) is 13.9. The van der Waals surface area contributed by atoms with Gasteiger partial charge in [0.2, 0.25) is 0 Å². The van der Waals surface area contributed by atoms with Crippen molar-refractivity contribution in [2.45, 2.75) is 84.8 Å². The first-order valence-corrected chi connectivity index (χ1v) is 12.5. The Labute approximate surface area is 211 Å². The van der Waals surface area contributed by atoms with Gasteiger partial charge in [-0.1, -0.05) is 12.1 Å². The number of esters is 1. The second kappa shape index (κ2) is 16.4. The fraction of sp³-hybridized carbons (Fsp3) is 0.704. The molecule has 0 saturated heterocycles. The summed E-state index contributed by atoms with van der Waals surface area (Å²) in [5.74, 6) is 0.491. The zero-order valence-corrected chi connectivity index (χ0v) is 22.4. The lowest BCUT2D eigenvalue weighted by Gasteiger charge is -2.19. The van der Waals surface area contributed by atoms with Crippen LogP contribution in [0.15, 0.2) is 24.3 Å². The van der Waals surface area contributed by atoms with E-state index in [0.717, 1.165) is 37.0 Å². The highest BCUT2D eigenvalue weighted by atomic mass is 16.6. The van der Waals surface area contributed by atoms with Gasteiger partial charge in [0.1, 0.15) is 23.6 Å². The summed E-state index contributed by atoms with van der Waals surface area (Å²) < 4.78 is 27.2. The van der Waals surface area contributed by atoms with Gasteiger partial charge >= 0.3 is 12.1 Å². The number of ether oxygens (including phenoxy) is 5. The third-order valence-electron chi connectivity index (χ3n) is 4.40. The molecule has 0 unspecified atom stereocenters. The standard InChI is InChI=1S/C27H45NO7/c1-26(2,3)34-24(29)21-32-18-11-17-31-16-8-7-9-19-33-23-13-10-12-22(20-23)14-15-28-25(30)35-27(4,5)6/h10,12-13,20H,7-9,11,14-19,21H2,1-6H3,(H,28,30). The summed E-state index contributed by atoms with van der Waals surface area (Å²) in [7, 11) is 0. The summed E-state index contributed by atoms with van der Waals surface area (Å²) in [5.41, 5.74) is 0.117. The van der Waals surface area contributed by atoms with E-state index in [2.05, 4.69) is 5.32 Å². The van der Waals surface area contributed by atoms with Crippen molar-refractivity contribution in [3.63, 3.8) is 0 Å². The van der Waals surface area contributed by atoms with Crippen molar-refractivity contribution in [1.29, 1.82) is 0 Å². The average Bonchev–Trinajstić information content (AvgIpc) is 2.72. The Kier molecular flexibility index (Phi) is 14.4. The van der Waals surface area contributed by atoms with E-state index in [1.807, 2.05) is 65.8 Å². The second-order valence-electron chi connectivity index (χ2n) is 10.3. The van der Waals surface area contributed by atoms with E-state index in [-0.39, 0.29) is 12.6 Å². The van der Waals surface area contributed by atoms with Gasteiger partial charge in [0, 0.05) is 26.4 Å². The van der Waals surface area contributed by atoms with Gasteiger partial charge in [0.05, 0.1) is 6.61 Å². The quantitative estimate of drug-likeness (QED) is 0.253. The predicted octanol–water partition coefficient (Wildman–Crippen LogP) is 5.07. The molecular formula is C27H45NO7. The van der Waals surface area contributed by atoms with Crippen LogP contribution in [-0.2, 0) is 30.2 Å². The van der Waals surface area contributed by atoms with E-state index in [9.17, 15) is 9.59 Å². The SMILES string of the molecule is CC(C)(C)OC(=O)COCCCOCCCCCOc1cccc(CCNC(=O)OC(C)(C)C)c1. The largest absolute Gasteiger partial charge is 0.494 e. The van der Waals surface area contributed by atoms with Crippen LogP contribution in [-0.4, -0.2) is 62.8 Å². The summed E-state index contributed by atoms with van der Waals surface area (Å²) in [4.78, 5) is 23.2. The minimum atomic E-state index is -0.497. The van der Waals surface area contributed by atoms with Crippen LogP contribution >= 0.6 is 0 Å². The molecule has 0 aromatic heterocycles. The van der Waals surface area contributed by atoms with Gasteiger partial charge < -0.3 is 29.0 Å². The van der Waals surface area contributed by atoms with Crippen LogP contribution < -0.4 is 10.1 Å². The summed E-state index contributed by atoms with van der Waals surface area (Å²) in [5, 5.41) is 2.77. The van der Waals surface area contributed by atoms with Gasteiger partial charge in [-0.2, -0.15) is 0 Å². The molecule has 0 fully saturated rings. The molecule has 0 heterocycles. The monoisotopic (exact) mass is 495 g/mol. The molecule has 8 heteroatoms. The number of nitrogens with one attached hydrogen (secondary N) is 1. The van der Waals surface area contributed by atoms with Crippen molar-refractivity contribution in [3.8, 4) is 5.75 Å². The molecule has 1 aromatic carbocycles. The Bertz CT molecular complexity index is 738. The van der Waals surface area contributed by atoms with Gasteiger partial charge in [-0.3, -0.25) is 0 Å². The third kappa shape index (κ3) is 18.7. The van der Waals surface area contributed by atoms with E-state index in [1.54, 1.807) is 0 Å². The van der Waals surface area contributed by atoms with E-state index in [1.165, 1.54) is 0 Å². The number of rotatable bonds is 16. The van der Waals surface area contributed by atoms with Crippen molar-refractivity contribution in [2.75, 3.05) is 39.6 Å². The van der Waals surface area contributed by atoms with Crippen molar-refractivity contribution in [2.24, 2.45) is 0 Å². The molecule has 1 amide bonds. The molecule has 0 bridgehead atoms.